The maximum absolute atomic E-state index is 10.9. The molecule has 1 unspecified atom stereocenters. The van der Waals surface area contributed by atoms with Crippen molar-refractivity contribution in [2.75, 3.05) is 23.9 Å². The van der Waals surface area contributed by atoms with Gasteiger partial charge in [0.05, 0.1) is 0 Å². The van der Waals surface area contributed by atoms with E-state index in [-0.39, 0.29) is 12.4 Å². The van der Waals surface area contributed by atoms with Gasteiger partial charge in [0.2, 0.25) is 5.91 Å². The van der Waals surface area contributed by atoms with Crippen LogP contribution in [0.15, 0.2) is 0 Å². The third kappa shape index (κ3) is 6.85. The first-order chi connectivity index (χ1) is 6.60. The first-order valence-corrected chi connectivity index (χ1v) is 6.11. The second-order valence-corrected chi connectivity index (χ2v) is 4.50. The number of hydrogen-bond donors (Lipinski definition) is 2. The molecule has 14 heavy (non-hydrogen) atoms. The zero-order valence-electron chi connectivity index (χ0n) is 7.84. The first kappa shape index (κ1) is 13.4. The Bertz CT molecular complexity index is 235. The lowest BCUT2D eigenvalue weighted by Gasteiger charge is -2.04. The normalized spacial score (nSPS) is 11.9. The quantitative estimate of drug-likeness (QED) is 0.655. The van der Waals surface area contributed by atoms with Crippen molar-refractivity contribution >= 4 is 34.3 Å². The molecule has 0 aliphatic rings. The Kier molecular flexibility index (Phi) is 7.41. The molecule has 0 spiro atoms. The Balaban J connectivity index is 3.54. The van der Waals surface area contributed by atoms with Crippen molar-refractivity contribution in [1.29, 1.82) is 0 Å². The van der Waals surface area contributed by atoms with Crippen LogP contribution in [0.4, 0.5) is 4.79 Å². The van der Waals surface area contributed by atoms with Gasteiger partial charge in [0.1, 0.15) is 5.88 Å². The molecule has 0 aromatic rings. The lowest BCUT2D eigenvalue weighted by molar-refractivity contribution is -0.117. The largest absolute Gasteiger partial charge is 0.337 e. The second kappa shape index (κ2) is 7.75. The summed E-state index contributed by atoms with van der Waals surface area (Å²) in [5.74, 6) is 0.137. The van der Waals surface area contributed by atoms with Gasteiger partial charge in [-0.1, -0.05) is 6.92 Å². The number of alkyl halides is 1. The maximum Gasteiger partial charge on any atom is 0.321 e. The SMILES string of the molecule is CCS(=O)CCNC(=O)NC(=O)CCl. The molecule has 0 rings (SSSR count). The van der Waals surface area contributed by atoms with Crippen LogP contribution >= 0.6 is 11.6 Å². The van der Waals surface area contributed by atoms with Gasteiger partial charge in [0.15, 0.2) is 0 Å². The molecule has 7 heteroatoms. The van der Waals surface area contributed by atoms with Gasteiger partial charge in [-0.3, -0.25) is 14.3 Å². The summed E-state index contributed by atoms with van der Waals surface area (Å²) in [5, 5.41) is 4.39. The molecule has 0 fully saturated rings. The highest BCUT2D eigenvalue weighted by Crippen LogP contribution is 1.79. The van der Waals surface area contributed by atoms with Crippen molar-refractivity contribution in [2.24, 2.45) is 0 Å². The number of halogens is 1. The van der Waals surface area contributed by atoms with E-state index in [0.29, 0.717) is 11.5 Å². The fourth-order valence-corrected chi connectivity index (χ4v) is 1.31. The molecule has 0 aliphatic heterocycles. The first-order valence-electron chi connectivity index (χ1n) is 4.08. The van der Waals surface area contributed by atoms with Crippen LogP contribution in [0.2, 0.25) is 0 Å². The minimum atomic E-state index is -0.911. The highest BCUT2D eigenvalue weighted by atomic mass is 35.5. The maximum atomic E-state index is 10.9. The van der Waals surface area contributed by atoms with E-state index in [2.05, 4.69) is 5.32 Å². The molecule has 0 bridgehead atoms. The number of hydrogen-bond acceptors (Lipinski definition) is 3. The standard InChI is InChI=1S/C7H13ClN2O3S/c1-2-14(13)4-3-9-7(12)10-6(11)5-8/h2-5H2,1H3,(H2,9,10,11,12). The van der Waals surface area contributed by atoms with Gasteiger partial charge in [0.25, 0.3) is 0 Å². The van der Waals surface area contributed by atoms with Crippen molar-refractivity contribution in [3.63, 3.8) is 0 Å². The summed E-state index contributed by atoms with van der Waals surface area (Å²) in [6.45, 7) is 2.08. The average Bonchev–Trinajstić information content (AvgIpc) is 2.17. The third-order valence-corrected chi connectivity index (χ3v) is 2.86. The zero-order valence-corrected chi connectivity index (χ0v) is 9.41. The van der Waals surface area contributed by atoms with Crippen LogP contribution < -0.4 is 10.6 Å². The lowest BCUT2D eigenvalue weighted by Crippen LogP contribution is -2.41. The highest BCUT2D eigenvalue weighted by Gasteiger charge is 2.05. The van der Waals surface area contributed by atoms with E-state index in [9.17, 15) is 13.8 Å². The molecule has 2 N–H and O–H groups in total. The predicted molar refractivity (Wildman–Crippen MR) is 55.8 cm³/mol. The van der Waals surface area contributed by atoms with Gasteiger partial charge in [-0.05, 0) is 0 Å². The summed E-state index contributed by atoms with van der Waals surface area (Å²) in [5.41, 5.74) is 0. The number of amides is 3. The topological polar surface area (TPSA) is 75.3 Å². The molecule has 0 saturated carbocycles. The Hall–Kier alpha value is -0.620. The van der Waals surface area contributed by atoms with Gasteiger partial charge < -0.3 is 5.32 Å². The van der Waals surface area contributed by atoms with E-state index in [1.54, 1.807) is 6.92 Å². The Labute approximate surface area is 90.0 Å². The molecule has 0 saturated heterocycles. The second-order valence-electron chi connectivity index (χ2n) is 2.37. The summed E-state index contributed by atoms with van der Waals surface area (Å²) in [6.07, 6.45) is 0. The van der Waals surface area contributed by atoms with E-state index >= 15 is 0 Å². The molecule has 3 amide bonds. The lowest BCUT2D eigenvalue weighted by atomic mass is 10.6. The molecular formula is C7H13ClN2O3S. The predicted octanol–water partition coefficient (Wildman–Crippen LogP) is -0.180. The minimum absolute atomic E-state index is 0.256. The zero-order chi connectivity index (χ0) is 11.0. The summed E-state index contributed by atoms with van der Waals surface area (Å²) in [6, 6.07) is -0.608. The van der Waals surface area contributed by atoms with Crippen molar-refractivity contribution in [3.05, 3.63) is 0 Å². The molecule has 0 aromatic carbocycles. The fourth-order valence-electron chi connectivity index (χ4n) is 0.627. The molecule has 1 atom stereocenters. The number of imide groups is 1. The van der Waals surface area contributed by atoms with E-state index in [1.807, 2.05) is 5.32 Å². The summed E-state index contributed by atoms with van der Waals surface area (Å²) in [4.78, 5) is 21.5. The van der Waals surface area contributed by atoms with E-state index in [0.717, 1.165) is 0 Å². The van der Waals surface area contributed by atoms with Crippen LogP contribution in [0.25, 0.3) is 0 Å². The van der Waals surface area contributed by atoms with Gasteiger partial charge >= 0.3 is 6.03 Å². The number of carbonyl (C=O) groups excluding carboxylic acids is 2. The molecule has 0 radical (unpaired) electrons. The Morgan fingerprint density at radius 2 is 2.07 bits per heavy atom. The van der Waals surface area contributed by atoms with Crippen LogP contribution in [-0.4, -0.2) is 40.1 Å². The van der Waals surface area contributed by atoms with Crippen molar-refractivity contribution in [3.8, 4) is 0 Å². The van der Waals surface area contributed by atoms with E-state index in [4.69, 9.17) is 11.6 Å². The third-order valence-electron chi connectivity index (χ3n) is 1.31. The van der Waals surface area contributed by atoms with E-state index < -0.39 is 22.7 Å². The van der Waals surface area contributed by atoms with Crippen LogP contribution in [0.5, 0.6) is 0 Å². The molecular weight excluding hydrogens is 228 g/mol. The Morgan fingerprint density at radius 3 is 2.57 bits per heavy atom. The minimum Gasteiger partial charge on any atom is -0.337 e. The fraction of sp³-hybridized carbons (Fsp3) is 0.714. The Morgan fingerprint density at radius 1 is 1.43 bits per heavy atom. The van der Waals surface area contributed by atoms with Crippen LogP contribution in [0.1, 0.15) is 6.92 Å². The van der Waals surface area contributed by atoms with Crippen LogP contribution in [0, 0.1) is 0 Å². The summed E-state index contributed by atoms with van der Waals surface area (Å²) < 4.78 is 10.9. The van der Waals surface area contributed by atoms with Gasteiger partial charge in [0, 0.05) is 28.9 Å². The highest BCUT2D eigenvalue weighted by molar-refractivity contribution is 7.84. The van der Waals surface area contributed by atoms with Gasteiger partial charge in [-0.2, -0.15) is 0 Å². The number of nitrogens with one attached hydrogen (secondary N) is 2. The van der Waals surface area contributed by atoms with E-state index in [1.165, 1.54) is 0 Å². The van der Waals surface area contributed by atoms with Crippen molar-refractivity contribution in [1.82, 2.24) is 10.6 Å². The van der Waals surface area contributed by atoms with Gasteiger partial charge in [-0.15, -0.1) is 11.6 Å². The molecule has 5 nitrogen and oxygen atoms in total. The number of rotatable bonds is 5. The van der Waals surface area contributed by atoms with Crippen molar-refractivity contribution < 1.29 is 13.8 Å². The monoisotopic (exact) mass is 240 g/mol. The summed E-state index contributed by atoms with van der Waals surface area (Å²) in [7, 11) is -0.911. The molecule has 0 aromatic heterocycles. The molecule has 82 valence electrons. The number of carbonyl (C=O) groups is 2. The smallest absolute Gasteiger partial charge is 0.321 e. The number of urea groups is 1. The van der Waals surface area contributed by atoms with Crippen LogP contribution in [0.3, 0.4) is 0 Å². The molecule has 0 aliphatic carbocycles. The molecule has 0 heterocycles. The van der Waals surface area contributed by atoms with Crippen molar-refractivity contribution in [2.45, 2.75) is 6.92 Å². The summed E-state index contributed by atoms with van der Waals surface area (Å²) >= 11 is 5.16. The van der Waals surface area contributed by atoms with Gasteiger partial charge in [-0.25, -0.2) is 4.79 Å². The van der Waals surface area contributed by atoms with Crippen LogP contribution in [-0.2, 0) is 15.6 Å². The average molecular weight is 241 g/mol.